The van der Waals surface area contributed by atoms with Gasteiger partial charge in [-0.2, -0.15) is 10.5 Å². The zero-order chi connectivity index (χ0) is 20.0. The van der Waals surface area contributed by atoms with Gasteiger partial charge in [-0.25, -0.2) is 0 Å². The van der Waals surface area contributed by atoms with Gasteiger partial charge in [-0.15, -0.1) is 0 Å². The highest BCUT2D eigenvalue weighted by atomic mass is 16.2. The Morgan fingerprint density at radius 2 is 1.89 bits per heavy atom. The molecule has 0 saturated carbocycles. The van der Waals surface area contributed by atoms with E-state index in [1.54, 1.807) is 25.3 Å². The van der Waals surface area contributed by atoms with Crippen LogP contribution >= 0.6 is 0 Å². The van der Waals surface area contributed by atoms with Crippen LogP contribution in [-0.4, -0.2) is 22.4 Å². The molecule has 0 saturated heterocycles. The molecule has 1 aromatic carbocycles. The van der Waals surface area contributed by atoms with Gasteiger partial charge in [0.05, 0.1) is 11.6 Å². The van der Waals surface area contributed by atoms with Gasteiger partial charge in [0.1, 0.15) is 11.6 Å². The molecule has 0 fully saturated rings. The molecule has 5 heteroatoms. The minimum Gasteiger partial charge on any atom is -0.349 e. The lowest BCUT2D eigenvalue weighted by Crippen LogP contribution is -2.27. The lowest BCUT2D eigenvalue weighted by atomic mass is 10.1. The second kappa shape index (κ2) is 8.87. The summed E-state index contributed by atoms with van der Waals surface area (Å²) in [4.78, 5) is 14.2. The molecule has 0 atom stereocenters. The molecule has 0 aliphatic rings. The summed E-state index contributed by atoms with van der Waals surface area (Å²) in [7, 11) is 1.67. The number of benzene rings is 1. The summed E-state index contributed by atoms with van der Waals surface area (Å²) < 4.78 is 2.20. The van der Waals surface area contributed by atoms with Crippen LogP contribution in [0, 0.1) is 36.5 Å². The van der Waals surface area contributed by atoms with Crippen molar-refractivity contribution in [2.24, 2.45) is 0 Å². The van der Waals surface area contributed by atoms with Gasteiger partial charge >= 0.3 is 0 Å². The lowest BCUT2D eigenvalue weighted by Gasteiger charge is -2.16. The molecule has 1 heterocycles. The molecule has 0 radical (unpaired) electrons. The number of hydrogen-bond acceptors (Lipinski definition) is 3. The Balaban J connectivity index is 2.22. The van der Waals surface area contributed by atoms with E-state index >= 15 is 0 Å². The Kier molecular flexibility index (Phi) is 6.57. The van der Waals surface area contributed by atoms with E-state index in [1.165, 1.54) is 4.90 Å². The van der Waals surface area contributed by atoms with Gasteiger partial charge in [0.15, 0.2) is 0 Å². The molecule has 0 unspecified atom stereocenters. The number of carbonyl (C=O) groups excluding carboxylic acids is 1. The first-order valence-corrected chi connectivity index (χ1v) is 8.94. The van der Waals surface area contributed by atoms with Crippen molar-refractivity contribution in [3.63, 3.8) is 0 Å². The van der Waals surface area contributed by atoms with Crippen LogP contribution in [0.25, 0.3) is 6.08 Å². The van der Waals surface area contributed by atoms with E-state index in [0.29, 0.717) is 12.1 Å². The molecule has 0 N–H and O–H groups in total. The number of rotatable bonds is 6. The fourth-order valence-electron chi connectivity index (χ4n) is 3.07. The number of aromatic nitrogens is 1. The van der Waals surface area contributed by atoms with Crippen LogP contribution in [0.3, 0.4) is 0 Å². The van der Waals surface area contributed by atoms with Gasteiger partial charge < -0.3 is 9.47 Å². The normalized spacial score (nSPS) is 11.0. The number of amides is 1. The Bertz CT molecular complexity index is 936. The lowest BCUT2D eigenvalue weighted by molar-refractivity contribution is -0.125. The molecule has 27 heavy (non-hydrogen) atoms. The summed E-state index contributed by atoms with van der Waals surface area (Å²) in [6, 6.07) is 13.2. The van der Waals surface area contributed by atoms with E-state index in [-0.39, 0.29) is 11.5 Å². The van der Waals surface area contributed by atoms with Crippen LogP contribution in [0.15, 0.2) is 35.9 Å². The minimum atomic E-state index is -0.317. The maximum Gasteiger partial charge on any atom is 0.264 e. The minimum absolute atomic E-state index is 0.114. The molecule has 2 rings (SSSR count). The van der Waals surface area contributed by atoms with Crippen LogP contribution < -0.4 is 0 Å². The summed E-state index contributed by atoms with van der Waals surface area (Å²) in [6.45, 7) is 7.45. The second-order valence-electron chi connectivity index (χ2n) is 6.62. The molecular formula is C22H24N4O. The van der Waals surface area contributed by atoms with E-state index in [0.717, 1.165) is 35.5 Å². The number of nitrogens with zero attached hydrogens (tertiary/aromatic N) is 4. The molecule has 1 aromatic heterocycles. The SMILES string of the molecule is CCCn1c(C)cc(/C=C(\C#N)C(=O)N(C)Cc2ccc(C#N)cc2)c1C. The molecule has 138 valence electrons. The largest absolute Gasteiger partial charge is 0.349 e. The topological polar surface area (TPSA) is 72.8 Å². The number of carbonyl (C=O) groups is 1. The molecule has 1 amide bonds. The van der Waals surface area contributed by atoms with Crippen molar-refractivity contribution in [2.45, 2.75) is 40.3 Å². The van der Waals surface area contributed by atoms with Gasteiger partial charge in [0.25, 0.3) is 5.91 Å². The first-order chi connectivity index (χ1) is 12.9. The van der Waals surface area contributed by atoms with Crippen LogP contribution in [0.1, 0.15) is 41.4 Å². The molecular weight excluding hydrogens is 336 g/mol. The second-order valence-corrected chi connectivity index (χ2v) is 6.62. The summed E-state index contributed by atoms with van der Waals surface area (Å²) in [5.74, 6) is -0.317. The fraction of sp³-hybridized carbons (Fsp3) is 0.318. The van der Waals surface area contributed by atoms with Crippen molar-refractivity contribution in [1.29, 1.82) is 10.5 Å². The summed E-state index contributed by atoms with van der Waals surface area (Å²) >= 11 is 0. The van der Waals surface area contributed by atoms with Crippen LogP contribution in [-0.2, 0) is 17.9 Å². The van der Waals surface area contributed by atoms with Crippen molar-refractivity contribution >= 4 is 12.0 Å². The molecule has 0 aliphatic carbocycles. The average Bonchev–Trinajstić information content (AvgIpc) is 2.93. The number of hydrogen-bond donors (Lipinski definition) is 0. The molecule has 2 aromatic rings. The van der Waals surface area contributed by atoms with Gasteiger partial charge in [-0.05, 0) is 55.7 Å². The Morgan fingerprint density at radius 1 is 1.22 bits per heavy atom. The van der Waals surface area contributed by atoms with Gasteiger partial charge in [0.2, 0.25) is 0 Å². The third-order valence-corrected chi connectivity index (χ3v) is 4.56. The third-order valence-electron chi connectivity index (χ3n) is 4.56. The van der Waals surface area contributed by atoms with Gasteiger partial charge in [-0.1, -0.05) is 19.1 Å². The molecule has 0 spiro atoms. The standard InChI is InChI=1S/C22H24N4O/c1-5-10-26-16(2)11-20(17(26)3)12-21(14-24)22(27)25(4)15-19-8-6-18(13-23)7-9-19/h6-9,11-12H,5,10,15H2,1-4H3/b21-12+. The first kappa shape index (κ1) is 20.0. The fourth-order valence-corrected chi connectivity index (χ4v) is 3.07. The van der Waals surface area contributed by atoms with Crippen molar-refractivity contribution in [3.05, 3.63) is 64.0 Å². The Hall–Kier alpha value is -3.31. The van der Waals surface area contributed by atoms with Crippen LogP contribution in [0.5, 0.6) is 0 Å². The van der Waals surface area contributed by atoms with E-state index in [1.807, 2.05) is 38.1 Å². The zero-order valence-corrected chi connectivity index (χ0v) is 16.3. The molecule has 0 aliphatic heterocycles. The maximum absolute atomic E-state index is 12.7. The number of aryl methyl sites for hydroxylation is 1. The van der Waals surface area contributed by atoms with Gasteiger partial charge in [0, 0.05) is 31.5 Å². The smallest absolute Gasteiger partial charge is 0.264 e. The van der Waals surface area contributed by atoms with Crippen LogP contribution in [0.4, 0.5) is 0 Å². The molecule has 5 nitrogen and oxygen atoms in total. The number of likely N-dealkylation sites (N-methyl/N-ethyl adjacent to an activating group) is 1. The highest BCUT2D eigenvalue weighted by Crippen LogP contribution is 2.19. The van der Waals surface area contributed by atoms with E-state index in [9.17, 15) is 10.1 Å². The predicted molar refractivity (Wildman–Crippen MR) is 105 cm³/mol. The Labute approximate surface area is 160 Å². The van der Waals surface area contributed by atoms with Crippen molar-refractivity contribution in [3.8, 4) is 12.1 Å². The third kappa shape index (κ3) is 4.65. The average molecular weight is 360 g/mol. The number of nitriles is 2. The van der Waals surface area contributed by atoms with E-state index in [2.05, 4.69) is 17.6 Å². The summed E-state index contributed by atoms with van der Waals surface area (Å²) in [5, 5.41) is 18.4. The van der Waals surface area contributed by atoms with E-state index < -0.39 is 0 Å². The summed E-state index contributed by atoms with van der Waals surface area (Å²) in [6.07, 6.45) is 2.70. The highest BCUT2D eigenvalue weighted by Gasteiger charge is 2.16. The van der Waals surface area contributed by atoms with Gasteiger partial charge in [-0.3, -0.25) is 4.79 Å². The van der Waals surface area contributed by atoms with Crippen LogP contribution in [0.2, 0.25) is 0 Å². The zero-order valence-electron chi connectivity index (χ0n) is 16.3. The predicted octanol–water partition coefficient (Wildman–Crippen LogP) is 3.95. The quantitative estimate of drug-likeness (QED) is 0.578. The van der Waals surface area contributed by atoms with E-state index in [4.69, 9.17) is 5.26 Å². The van der Waals surface area contributed by atoms with Crippen molar-refractivity contribution < 1.29 is 4.79 Å². The highest BCUT2D eigenvalue weighted by molar-refractivity contribution is 6.01. The Morgan fingerprint density at radius 3 is 2.44 bits per heavy atom. The molecule has 0 bridgehead atoms. The first-order valence-electron chi connectivity index (χ1n) is 8.94. The van der Waals surface area contributed by atoms with Crippen molar-refractivity contribution in [1.82, 2.24) is 9.47 Å². The monoisotopic (exact) mass is 360 g/mol. The van der Waals surface area contributed by atoms with Crippen molar-refractivity contribution in [2.75, 3.05) is 7.05 Å². The maximum atomic E-state index is 12.7. The summed E-state index contributed by atoms with van der Waals surface area (Å²) in [5.41, 5.74) is 4.68.